The zero-order chi connectivity index (χ0) is 22.9. The van der Waals surface area contributed by atoms with Crippen molar-refractivity contribution in [2.75, 3.05) is 19.5 Å². The summed E-state index contributed by atoms with van der Waals surface area (Å²) in [6.07, 6.45) is -9.59. The molecule has 1 saturated heterocycles. The second-order valence-electron chi connectivity index (χ2n) is 7.10. The molecule has 0 unspecified atom stereocenters. The molecule has 0 radical (unpaired) electrons. The largest absolute Gasteiger partial charge is 0.394 e. The third-order valence-electron chi connectivity index (χ3n) is 4.97. The number of aliphatic hydroxyl groups excluding tert-OH is 5. The molecular formula is C17H25N5O9. The zero-order valence-electron chi connectivity index (χ0n) is 16.7. The quantitative estimate of drug-likeness (QED) is 0.221. The first-order valence-electron chi connectivity index (χ1n) is 9.37. The summed E-state index contributed by atoms with van der Waals surface area (Å²) in [6.45, 7) is 0.737. The highest BCUT2D eigenvalue weighted by molar-refractivity contribution is 5.69. The number of aromatic amines is 1. The molecule has 8 N–H and O–H groups in total. The van der Waals surface area contributed by atoms with Crippen LogP contribution in [0.25, 0.3) is 11.2 Å². The summed E-state index contributed by atoms with van der Waals surface area (Å²) in [5, 5.41) is 50.3. The van der Waals surface area contributed by atoms with Gasteiger partial charge in [-0.3, -0.25) is 9.78 Å². The first-order chi connectivity index (χ1) is 14.7. The minimum atomic E-state index is -1.48. The summed E-state index contributed by atoms with van der Waals surface area (Å²) in [5.41, 5.74) is 4.66. The molecule has 2 aromatic rings. The van der Waals surface area contributed by atoms with E-state index in [1.54, 1.807) is 0 Å². The number of fused-ring (bicyclic) bond motifs is 1. The van der Waals surface area contributed by atoms with Crippen molar-refractivity contribution in [2.45, 2.75) is 55.9 Å². The number of hydrogen-bond donors (Lipinski definition) is 7. The van der Waals surface area contributed by atoms with E-state index in [1.807, 2.05) is 0 Å². The monoisotopic (exact) mass is 443 g/mol. The number of aromatic nitrogens is 4. The van der Waals surface area contributed by atoms with Crippen molar-refractivity contribution in [2.24, 2.45) is 0 Å². The number of ether oxygens (including phenoxy) is 3. The van der Waals surface area contributed by atoms with E-state index >= 15 is 0 Å². The van der Waals surface area contributed by atoms with Gasteiger partial charge in [-0.1, -0.05) is 0 Å². The fourth-order valence-corrected chi connectivity index (χ4v) is 3.29. The molecule has 3 rings (SSSR count). The third kappa shape index (κ3) is 4.65. The number of aliphatic hydroxyl groups is 5. The molecule has 3 heterocycles. The molecule has 14 nitrogen and oxygen atoms in total. The smallest absolute Gasteiger partial charge is 0.280 e. The minimum Gasteiger partial charge on any atom is -0.394 e. The van der Waals surface area contributed by atoms with Crippen LogP contribution in [0.3, 0.4) is 0 Å². The summed E-state index contributed by atoms with van der Waals surface area (Å²) in [4.78, 5) is 26.1. The number of methoxy groups -OCH3 is 1. The maximum Gasteiger partial charge on any atom is 0.280 e. The van der Waals surface area contributed by atoms with E-state index < -0.39 is 61.2 Å². The summed E-state index contributed by atoms with van der Waals surface area (Å²) in [5.74, 6) is -0.130. The Bertz CT molecular complexity index is 959. The molecule has 1 aliphatic heterocycles. The van der Waals surface area contributed by atoms with Gasteiger partial charge in [0.15, 0.2) is 17.5 Å². The highest BCUT2D eigenvalue weighted by Crippen LogP contribution is 2.29. The maximum atomic E-state index is 12.0. The van der Waals surface area contributed by atoms with Crippen molar-refractivity contribution in [3.05, 3.63) is 22.2 Å². The van der Waals surface area contributed by atoms with Crippen LogP contribution >= 0.6 is 0 Å². The molecule has 1 aliphatic rings. The lowest BCUT2D eigenvalue weighted by molar-refractivity contribution is -0.327. The molecule has 0 saturated carbocycles. The van der Waals surface area contributed by atoms with Gasteiger partial charge in [0.2, 0.25) is 5.95 Å². The van der Waals surface area contributed by atoms with Crippen LogP contribution in [-0.2, 0) is 14.2 Å². The van der Waals surface area contributed by atoms with Crippen molar-refractivity contribution in [3.8, 4) is 0 Å². The Balaban J connectivity index is 1.80. The fraction of sp³-hybridized carbons (Fsp3) is 0.647. The Morgan fingerprint density at radius 1 is 1.29 bits per heavy atom. The number of nitrogen functional groups attached to an aromatic ring is 1. The van der Waals surface area contributed by atoms with Crippen LogP contribution in [0.2, 0.25) is 0 Å². The Hall–Kier alpha value is -2.30. The maximum absolute atomic E-state index is 12.0. The number of nitrogens with one attached hydrogen (secondary N) is 1. The van der Waals surface area contributed by atoms with Crippen LogP contribution in [-0.4, -0.2) is 102 Å². The molecule has 0 aliphatic carbocycles. The van der Waals surface area contributed by atoms with Crippen molar-refractivity contribution >= 4 is 17.1 Å². The molecule has 2 aromatic heterocycles. The lowest BCUT2D eigenvalue weighted by Crippen LogP contribution is -2.62. The summed E-state index contributed by atoms with van der Waals surface area (Å²) in [6, 6.07) is 0. The number of nitrogens with zero attached hydrogens (tertiary/aromatic N) is 3. The molecule has 0 spiro atoms. The van der Waals surface area contributed by atoms with Crippen molar-refractivity contribution in [1.82, 2.24) is 19.9 Å². The van der Waals surface area contributed by atoms with Crippen LogP contribution in [0.1, 0.15) is 18.7 Å². The Morgan fingerprint density at radius 2 is 2.00 bits per heavy atom. The molecule has 1 fully saturated rings. The number of H-pyrrole nitrogens is 1. The molecule has 8 atom stereocenters. The van der Waals surface area contributed by atoms with Gasteiger partial charge in [-0.05, 0) is 6.92 Å². The van der Waals surface area contributed by atoms with E-state index in [0.29, 0.717) is 0 Å². The number of hydrogen-bond acceptors (Lipinski definition) is 13. The van der Waals surface area contributed by atoms with E-state index in [9.17, 15) is 30.3 Å². The first-order valence-corrected chi connectivity index (χ1v) is 9.37. The van der Waals surface area contributed by atoms with Crippen molar-refractivity contribution in [1.29, 1.82) is 0 Å². The van der Waals surface area contributed by atoms with Gasteiger partial charge in [0.1, 0.15) is 36.6 Å². The molecule has 0 bridgehead atoms. The third-order valence-corrected chi connectivity index (χ3v) is 4.97. The molecule has 0 aromatic carbocycles. The second-order valence-corrected chi connectivity index (χ2v) is 7.10. The molecule has 0 amide bonds. The minimum absolute atomic E-state index is 0.00503. The van der Waals surface area contributed by atoms with Crippen LogP contribution in [0.5, 0.6) is 0 Å². The lowest BCUT2D eigenvalue weighted by atomic mass is 9.95. The summed E-state index contributed by atoms with van der Waals surface area (Å²) < 4.78 is 16.1. The highest BCUT2D eigenvalue weighted by Gasteiger charge is 2.48. The zero-order valence-corrected chi connectivity index (χ0v) is 16.7. The fourth-order valence-electron chi connectivity index (χ4n) is 3.29. The predicted octanol–water partition coefficient (Wildman–Crippen LogP) is -3.45. The summed E-state index contributed by atoms with van der Waals surface area (Å²) >= 11 is 0. The predicted molar refractivity (Wildman–Crippen MR) is 102 cm³/mol. The Morgan fingerprint density at radius 3 is 2.65 bits per heavy atom. The SMILES string of the molecule is CO[C@@H]1[C@H](O)[C@@H](O[C@@H](C)[C@H](O)c2cnc3nc(N)[nH]c(=O)c3n2)O[C@H]([C@H](O)CO)[C@H]1O. The number of rotatable bonds is 7. The van der Waals surface area contributed by atoms with Gasteiger partial charge < -0.3 is 45.5 Å². The average molecular weight is 443 g/mol. The van der Waals surface area contributed by atoms with Gasteiger partial charge in [-0.15, -0.1) is 0 Å². The van der Waals surface area contributed by atoms with E-state index in [0.717, 1.165) is 0 Å². The van der Waals surface area contributed by atoms with Crippen molar-refractivity contribution in [3.63, 3.8) is 0 Å². The number of nitrogens with two attached hydrogens (primary N) is 1. The Kier molecular flexibility index (Phi) is 7.13. The topological polar surface area (TPSA) is 226 Å². The van der Waals surface area contributed by atoms with Gasteiger partial charge >= 0.3 is 0 Å². The van der Waals surface area contributed by atoms with Gasteiger partial charge in [0, 0.05) is 7.11 Å². The molecule has 172 valence electrons. The van der Waals surface area contributed by atoms with E-state index in [2.05, 4.69) is 19.9 Å². The van der Waals surface area contributed by atoms with Crippen LogP contribution in [0, 0.1) is 0 Å². The van der Waals surface area contributed by atoms with E-state index in [4.69, 9.17) is 19.9 Å². The first kappa shape index (κ1) is 23.4. The van der Waals surface area contributed by atoms with Gasteiger partial charge in [-0.2, -0.15) is 4.98 Å². The average Bonchev–Trinajstić information content (AvgIpc) is 2.74. The van der Waals surface area contributed by atoms with E-state index in [1.165, 1.54) is 20.2 Å². The standard InChI is InChI=1S/C17H25N5O9/c1-5(9(25)6-3-19-14-8(20-6)15(28)22-17(18)21-14)30-16-11(27)13(29-2)10(26)12(31-16)7(24)4-23/h3,5,7,9-13,16,23-27H,4H2,1-2H3,(H3,18,19,21,22,28)/t5-,7+,9-,10+,11-,12+,13-,16-/m0/s1. The molecule has 31 heavy (non-hydrogen) atoms. The van der Waals surface area contributed by atoms with Crippen LogP contribution < -0.4 is 11.3 Å². The van der Waals surface area contributed by atoms with Crippen LogP contribution in [0.15, 0.2) is 11.0 Å². The summed E-state index contributed by atoms with van der Waals surface area (Å²) in [7, 11) is 1.24. The molecular weight excluding hydrogens is 418 g/mol. The van der Waals surface area contributed by atoms with Gasteiger partial charge in [0.05, 0.1) is 24.6 Å². The second kappa shape index (κ2) is 9.46. The van der Waals surface area contributed by atoms with Crippen LogP contribution in [0.4, 0.5) is 5.95 Å². The molecule has 14 heteroatoms. The van der Waals surface area contributed by atoms with Gasteiger partial charge in [0.25, 0.3) is 5.56 Å². The Labute approximate surface area is 175 Å². The normalized spacial score (nSPS) is 29.6. The van der Waals surface area contributed by atoms with Gasteiger partial charge in [-0.25, -0.2) is 9.97 Å². The lowest BCUT2D eigenvalue weighted by Gasteiger charge is -2.43. The van der Waals surface area contributed by atoms with Crippen molar-refractivity contribution < 1.29 is 39.7 Å². The van der Waals surface area contributed by atoms with E-state index in [-0.39, 0.29) is 22.8 Å². The highest BCUT2D eigenvalue weighted by atomic mass is 16.7. The number of anilines is 1.